The molecular weight excluding hydrogens is 382 g/mol. The van der Waals surface area contributed by atoms with Crippen LogP contribution in [-0.2, 0) is 7.05 Å². The number of ether oxygens (including phenoxy) is 1. The summed E-state index contributed by atoms with van der Waals surface area (Å²) in [5, 5.41) is 3.38. The molecule has 0 amide bonds. The molecule has 2 aromatic carbocycles. The van der Waals surface area contributed by atoms with Gasteiger partial charge in [-0.25, -0.2) is 4.98 Å². The number of hydrogen-bond donors (Lipinski definition) is 1. The van der Waals surface area contributed by atoms with Crippen molar-refractivity contribution < 1.29 is 4.74 Å². The highest BCUT2D eigenvalue weighted by Gasteiger charge is 2.10. The summed E-state index contributed by atoms with van der Waals surface area (Å²) in [6.07, 6.45) is 5.46. The van der Waals surface area contributed by atoms with E-state index < -0.39 is 0 Å². The van der Waals surface area contributed by atoms with E-state index >= 15 is 0 Å². The number of imidazole rings is 1. The lowest BCUT2D eigenvalue weighted by molar-refractivity contribution is 0.482. The molecule has 6 nitrogen and oxygen atoms in total. The van der Waals surface area contributed by atoms with Crippen molar-refractivity contribution in [2.24, 2.45) is 12.0 Å². The van der Waals surface area contributed by atoms with E-state index in [-0.39, 0.29) is 0 Å². The Bertz CT molecular complexity index is 1170. The summed E-state index contributed by atoms with van der Waals surface area (Å²) >= 11 is 1.72. The fourth-order valence-corrected chi connectivity index (χ4v) is 3.40. The Hall–Kier alpha value is -3.32. The molecule has 0 aliphatic carbocycles. The van der Waals surface area contributed by atoms with E-state index in [4.69, 9.17) is 9.72 Å². The van der Waals surface area contributed by atoms with Crippen LogP contribution in [0.1, 0.15) is 5.69 Å². The van der Waals surface area contributed by atoms with Gasteiger partial charge in [0.25, 0.3) is 0 Å². The van der Waals surface area contributed by atoms with Crippen LogP contribution in [0.3, 0.4) is 0 Å². The molecule has 2 aromatic heterocycles. The molecule has 0 aliphatic rings. The second kappa shape index (κ2) is 8.36. The zero-order valence-electron chi connectivity index (χ0n) is 16.5. The predicted molar refractivity (Wildman–Crippen MR) is 120 cm³/mol. The monoisotopic (exact) mass is 403 g/mol. The highest BCUT2D eigenvalue weighted by Crippen LogP contribution is 2.28. The van der Waals surface area contributed by atoms with Crippen molar-refractivity contribution in [1.29, 1.82) is 0 Å². The molecule has 7 heteroatoms. The fourth-order valence-electron chi connectivity index (χ4n) is 2.99. The van der Waals surface area contributed by atoms with Gasteiger partial charge in [0.1, 0.15) is 11.5 Å². The number of hydrogen-bond acceptors (Lipinski definition) is 6. The number of nitrogens with zero attached hydrogens (tertiary/aromatic N) is 4. The van der Waals surface area contributed by atoms with Crippen LogP contribution < -0.4 is 10.1 Å². The number of fused-ring (bicyclic) bond motifs is 1. The molecule has 29 heavy (non-hydrogen) atoms. The molecule has 0 bridgehead atoms. The van der Waals surface area contributed by atoms with Gasteiger partial charge in [0.15, 0.2) is 0 Å². The zero-order chi connectivity index (χ0) is 20.2. The van der Waals surface area contributed by atoms with Crippen molar-refractivity contribution in [2.75, 3.05) is 18.6 Å². The number of aryl methyl sites for hydroxylation is 1. The van der Waals surface area contributed by atoms with Gasteiger partial charge in [-0.3, -0.25) is 9.98 Å². The minimum atomic E-state index is 0.706. The number of benzene rings is 2. The predicted octanol–water partition coefficient (Wildman–Crippen LogP) is 5.27. The summed E-state index contributed by atoms with van der Waals surface area (Å²) < 4.78 is 8.02. The van der Waals surface area contributed by atoms with Crippen LogP contribution >= 0.6 is 11.8 Å². The van der Waals surface area contributed by atoms with Gasteiger partial charge in [0.2, 0.25) is 5.95 Å². The first-order valence-corrected chi connectivity index (χ1v) is 10.3. The van der Waals surface area contributed by atoms with Gasteiger partial charge >= 0.3 is 0 Å². The molecule has 146 valence electrons. The SMILES string of the molecule is CN=Cc1cc(Oc2ccc3c(c2)nc(Nc2ccc(SC)cc2)n3C)ccn1. The molecule has 0 atom stereocenters. The maximum absolute atomic E-state index is 5.99. The van der Waals surface area contributed by atoms with Gasteiger partial charge in [0.05, 0.1) is 16.7 Å². The summed E-state index contributed by atoms with van der Waals surface area (Å²) in [6, 6.07) is 17.8. The largest absolute Gasteiger partial charge is 0.457 e. The van der Waals surface area contributed by atoms with Crippen molar-refractivity contribution in [2.45, 2.75) is 4.90 Å². The van der Waals surface area contributed by atoms with Gasteiger partial charge in [-0.2, -0.15) is 0 Å². The van der Waals surface area contributed by atoms with E-state index in [1.54, 1.807) is 31.2 Å². The number of rotatable bonds is 6. The third-order valence-electron chi connectivity index (χ3n) is 4.45. The standard InChI is InChI=1S/C22H21N5OS/c1-23-14-16-12-18(10-11-24-16)28-17-6-9-21-20(13-17)26-22(27(21)2)25-15-4-7-19(29-3)8-5-15/h4-14H,1-3H3,(H,25,26). The summed E-state index contributed by atoms with van der Waals surface area (Å²) in [7, 11) is 3.71. The fraction of sp³-hybridized carbons (Fsp3) is 0.136. The number of thioether (sulfide) groups is 1. The first kappa shape index (κ1) is 19.0. The molecular formula is C22H21N5OS. The molecule has 0 aliphatic heterocycles. The average molecular weight is 404 g/mol. The quantitative estimate of drug-likeness (QED) is 0.351. The summed E-state index contributed by atoms with van der Waals surface area (Å²) in [5.74, 6) is 2.20. The maximum Gasteiger partial charge on any atom is 0.208 e. The maximum atomic E-state index is 5.99. The molecule has 0 spiro atoms. The Balaban J connectivity index is 1.58. The number of aliphatic imine (C=N–C) groups is 1. The third kappa shape index (κ3) is 4.25. The van der Waals surface area contributed by atoms with Crippen molar-refractivity contribution >= 4 is 40.6 Å². The number of pyridine rings is 1. The summed E-state index contributed by atoms with van der Waals surface area (Å²) in [4.78, 5) is 14.2. The minimum Gasteiger partial charge on any atom is -0.457 e. The molecule has 0 radical (unpaired) electrons. The topological polar surface area (TPSA) is 64.3 Å². The van der Waals surface area contributed by atoms with Crippen molar-refractivity contribution in [3.8, 4) is 11.5 Å². The van der Waals surface area contributed by atoms with Crippen LogP contribution in [-0.4, -0.2) is 34.1 Å². The molecule has 0 unspecified atom stereocenters. The first-order valence-electron chi connectivity index (χ1n) is 9.10. The van der Waals surface area contributed by atoms with E-state index in [2.05, 4.69) is 45.8 Å². The lowest BCUT2D eigenvalue weighted by atomic mass is 10.3. The van der Waals surface area contributed by atoms with Gasteiger partial charge in [-0.15, -0.1) is 11.8 Å². The molecule has 2 heterocycles. The second-order valence-corrected chi connectivity index (χ2v) is 7.28. The van der Waals surface area contributed by atoms with Crippen LogP contribution in [0.2, 0.25) is 0 Å². The van der Waals surface area contributed by atoms with Crippen molar-refractivity contribution in [3.05, 3.63) is 66.5 Å². The normalized spacial score (nSPS) is 11.3. The van der Waals surface area contributed by atoms with E-state index in [1.807, 2.05) is 41.9 Å². The Morgan fingerprint density at radius 3 is 2.62 bits per heavy atom. The third-order valence-corrected chi connectivity index (χ3v) is 5.19. The average Bonchev–Trinajstić information content (AvgIpc) is 3.04. The Morgan fingerprint density at radius 1 is 1.07 bits per heavy atom. The molecule has 4 aromatic rings. The highest BCUT2D eigenvalue weighted by atomic mass is 32.2. The molecule has 1 N–H and O–H groups in total. The van der Waals surface area contributed by atoms with Crippen LogP contribution in [0.25, 0.3) is 11.0 Å². The van der Waals surface area contributed by atoms with E-state index in [0.717, 1.165) is 34.1 Å². The van der Waals surface area contributed by atoms with Crippen LogP contribution in [0.15, 0.2) is 70.7 Å². The zero-order valence-corrected chi connectivity index (χ0v) is 17.3. The van der Waals surface area contributed by atoms with Crippen molar-refractivity contribution in [3.63, 3.8) is 0 Å². The summed E-state index contributed by atoms with van der Waals surface area (Å²) in [5.41, 5.74) is 3.63. The second-order valence-electron chi connectivity index (χ2n) is 6.40. The number of anilines is 2. The Kier molecular flexibility index (Phi) is 5.48. The molecule has 0 saturated carbocycles. The number of aromatic nitrogens is 3. The van der Waals surface area contributed by atoms with Crippen LogP contribution in [0.5, 0.6) is 11.5 Å². The number of nitrogens with one attached hydrogen (secondary N) is 1. The molecule has 4 rings (SSSR count). The lowest BCUT2D eigenvalue weighted by Gasteiger charge is -2.07. The van der Waals surface area contributed by atoms with E-state index in [0.29, 0.717) is 5.75 Å². The first-order chi connectivity index (χ1) is 14.2. The molecule has 0 fully saturated rings. The van der Waals surface area contributed by atoms with Gasteiger partial charge in [-0.1, -0.05) is 0 Å². The lowest BCUT2D eigenvalue weighted by Crippen LogP contribution is -1.98. The van der Waals surface area contributed by atoms with E-state index in [1.165, 1.54) is 4.90 Å². The minimum absolute atomic E-state index is 0.706. The van der Waals surface area contributed by atoms with Crippen LogP contribution in [0, 0.1) is 0 Å². The smallest absolute Gasteiger partial charge is 0.208 e. The van der Waals surface area contributed by atoms with Crippen LogP contribution in [0.4, 0.5) is 11.6 Å². The van der Waals surface area contributed by atoms with Gasteiger partial charge < -0.3 is 14.6 Å². The van der Waals surface area contributed by atoms with Crippen molar-refractivity contribution in [1.82, 2.24) is 14.5 Å². The van der Waals surface area contributed by atoms with Gasteiger partial charge in [-0.05, 0) is 48.7 Å². The van der Waals surface area contributed by atoms with E-state index in [9.17, 15) is 0 Å². The Morgan fingerprint density at radius 2 is 1.86 bits per heavy atom. The Labute approximate surface area is 173 Å². The molecule has 0 saturated heterocycles. The summed E-state index contributed by atoms with van der Waals surface area (Å²) in [6.45, 7) is 0. The highest BCUT2D eigenvalue weighted by molar-refractivity contribution is 7.98. The van der Waals surface area contributed by atoms with Gasteiger partial charge in [0, 0.05) is 49.2 Å².